The van der Waals surface area contributed by atoms with Gasteiger partial charge in [-0.2, -0.15) is 0 Å². The number of piperidine rings is 1. The van der Waals surface area contributed by atoms with Crippen molar-refractivity contribution in [2.24, 2.45) is 0 Å². The molecule has 1 aromatic rings. The summed E-state index contributed by atoms with van der Waals surface area (Å²) in [6.07, 6.45) is 0.549. The van der Waals surface area contributed by atoms with Gasteiger partial charge in [0.2, 0.25) is 0 Å². The van der Waals surface area contributed by atoms with Gasteiger partial charge in [0, 0.05) is 31.9 Å². The van der Waals surface area contributed by atoms with Gasteiger partial charge in [-0.15, -0.1) is 0 Å². The fourth-order valence-electron chi connectivity index (χ4n) is 5.79. The maximum Gasteiger partial charge on any atom is 0.308 e. The third kappa shape index (κ3) is 2.56. The van der Waals surface area contributed by atoms with Crippen LogP contribution in [0.25, 0.3) is 0 Å². The van der Waals surface area contributed by atoms with Gasteiger partial charge in [0.15, 0.2) is 23.4 Å². The van der Waals surface area contributed by atoms with Gasteiger partial charge in [-0.05, 0) is 51.9 Å². The second-order valence-corrected chi connectivity index (χ2v) is 8.50. The number of aryl methyl sites for hydroxylation is 1. The van der Waals surface area contributed by atoms with Gasteiger partial charge in [0.25, 0.3) is 0 Å². The van der Waals surface area contributed by atoms with E-state index in [0.29, 0.717) is 24.3 Å². The van der Waals surface area contributed by atoms with E-state index in [2.05, 4.69) is 4.90 Å². The van der Waals surface area contributed by atoms with Crippen LogP contribution in [0.4, 0.5) is 0 Å². The summed E-state index contributed by atoms with van der Waals surface area (Å²) in [5.74, 6) is -0.108. The van der Waals surface area contributed by atoms with Crippen LogP contribution in [0, 0.1) is 6.92 Å². The molecule has 0 amide bonds. The molecule has 0 aromatic heterocycles. The molecule has 1 aromatic carbocycles. The normalized spacial score (nSPS) is 33.2. The Morgan fingerprint density at radius 2 is 1.93 bits per heavy atom. The lowest BCUT2D eigenvalue weighted by Gasteiger charge is -2.60. The lowest BCUT2D eigenvalue weighted by Crippen LogP contribution is -2.74. The number of likely N-dealkylation sites (N-methyl/N-ethyl adjacent to an activating group) is 1. The molecule has 156 valence electrons. The van der Waals surface area contributed by atoms with Crippen LogP contribution < -0.4 is 9.47 Å². The molecule has 1 aliphatic carbocycles. The Balaban J connectivity index is 2.02. The number of nitrogens with zero attached hydrogens (tertiary/aromatic N) is 1. The van der Waals surface area contributed by atoms with Crippen molar-refractivity contribution >= 4 is 17.7 Å². The maximum atomic E-state index is 13.1. The molecule has 2 aliphatic heterocycles. The monoisotopic (exact) mass is 401 g/mol. The largest absolute Gasteiger partial charge is 0.477 e. The average Bonchev–Trinajstić information content (AvgIpc) is 3.00. The van der Waals surface area contributed by atoms with Gasteiger partial charge >= 0.3 is 11.9 Å². The number of ketones is 1. The SMILES string of the molecule is CC(=O)Oc1ccc(C)c2c1O[C@H]1C(=O)CCC3(OC(C)=O)C(C)N(C)CCC213. The maximum absolute atomic E-state index is 13.1. The predicted octanol–water partition coefficient (Wildman–Crippen LogP) is 2.31. The smallest absolute Gasteiger partial charge is 0.308 e. The summed E-state index contributed by atoms with van der Waals surface area (Å²) in [5, 5.41) is 0. The van der Waals surface area contributed by atoms with E-state index in [1.807, 2.05) is 27.0 Å². The molecule has 3 unspecified atom stereocenters. The number of hydrogen-bond acceptors (Lipinski definition) is 7. The zero-order chi connectivity index (χ0) is 21.1. The number of rotatable bonds is 2. The second kappa shape index (κ2) is 6.55. The fraction of sp³-hybridized carbons (Fsp3) is 0.591. The molecule has 4 rings (SSSR count). The van der Waals surface area contributed by atoms with E-state index in [-0.39, 0.29) is 24.2 Å². The highest BCUT2D eigenvalue weighted by atomic mass is 16.6. The Morgan fingerprint density at radius 3 is 2.59 bits per heavy atom. The fourth-order valence-corrected chi connectivity index (χ4v) is 5.79. The van der Waals surface area contributed by atoms with Crippen molar-refractivity contribution in [3.63, 3.8) is 0 Å². The summed E-state index contributed by atoms with van der Waals surface area (Å²) in [5.41, 5.74) is 0.0435. The van der Waals surface area contributed by atoms with Gasteiger partial charge in [0.05, 0.1) is 5.41 Å². The molecule has 1 saturated carbocycles. The number of likely N-dealkylation sites (tertiary alicyclic amines) is 1. The van der Waals surface area contributed by atoms with E-state index in [0.717, 1.165) is 17.7 Å². The standard InChI is InChI=1S/C22H27NO6/c1-12-6-7-17(27-14(3)24)19-18(12)21-10-11-23(5)13(2)22(21,29-15(4)25)9-8-16(26)20(21)28-19/h6-7,13,20H,8-11H2,1-5H3/t13?,20-,21?,22?/m0/s1. The summed E-state index contributed by atoms with van der Waals surface area (Å²) in [6, 6.07) is 3.46. The molecule has 0 radical (unpaired) electrons. The van der Waals surface area contributed by atoms with E-state index in [1.54, 1.807) is 6.07 Å². The first-order valence-corrected chi connectivity index (χ1v) is 10.1. The number of ether oxygens (including phenoxy) is 3. The highest BCUT2D eigenvalue weighted by Gasteiger charge is 2.72. The number of esters is 2. The van der Waals surface area contributed by atoms with Crippen LogP contribution in [0.1, 0.15) is 51.2 Å². The van der Waals surface area contributed by atoms with E-state index in [9.17, 15) is 14.4 Å². The van der Waals surface area contributed by atoms with Gasteiger partial charge in [-0.3, -0.25) is 19.3 Å². The van der Waals surface area contributed by atoms with E-state index < -0.39 is 23.1 Å². The molecule has 2 heterocycles. The van der Waals surface area contributed by atoms with Crippen LogP contribution in [0.15, 0.2) is 12.1 Å². The molecule has 1 saturated heterocycles. The molecular weight excluding hydrogens is 374 g/mol. The minimum absolute atomic E-state index is 0.00564. The van der Waals surface area contributed by atoms with E-state index >= 15 is 0 Å². The van der Waals surface area contributed by atoms with Crippen LogP contribution in [0.2, 0.25) is 0 Å². The molecule has 0 N–H and O–H groups in total. The molecule has 4 atom stereocenters. The number of benzene rings is 1. The first-order chi connectivity index (χ1) is 13.6. The molecule has 1 spiro atoms. The van der Waals surface area contributed by atoms with E-state index in [1.165, 1.54) is 13.8 Å². The van der Waals surface area contributed by atoms with Crippen molar-refractivity contribution in [2.75, 3.05) is 13.6 Å². The van der Waals surface area contributed by atoms with E-state index in [4.69, 9.17) is 14.2 Å². The molecular formula is C22H27NO6. The topological polar surface area (TPSA) is 82.1 Å². The van der Waals surface area contributed by atoms with Crippen molar-refractivity contribution in [1.82, 2.24) is 4.90 Å². The Labute approximate surface area is 170 Å². The summed E-state index contributed by atoms with van der Waals surface area (Å²) in [4.78, 5) is 39.1. The van der Waals surface area contributed by atoms with Crippen molar-refractivity contribution in [1.29, 1.82) is 0 Å². The summed E-state index contributed by atoms with van der Waals surface area (Å²) in [7, 11) is 2.01. The molecule has 29 heavy (non-hydrogen) atoms. The third-order valence-electron chi connectivity index (χ3n) is 7.02. The minimum Gasteiger partial charge on any atom is -0.477 e. The third-order valence-corrected chi connectivity index (χ3v) is 7.02. The lowest BCUT2D eigenvalue weighted by atomic mass is 9.52. The van der Waals surface area contributed by atoms with Crippen LogP contribution >= 0.6 is 0 Å². The van der Waals surface area contributed by atoms with Crippen LogP contribution in [0.3, 0.4) is 0 Å². The van der Waals surface area contributed by atoms with Crippen molar-refractivity contribution in [3.05, 3.63) is 23.3 Å². The van der Waals surface area contributed by atoms with Crippen LogP contribution in [0.5, 0.6) is 11.5 Å². The molecule has 7 heteroatoms. The number of carbonyl (C=O) groups excluding carboxylic acids is 3. The molecule has 3 aliphatic rings. The molecule has 7 nitrogen and oxygen atoms in total. The highest BCUT2D eigenvalue weighted by Crippen LogP contribution is 2.63. The number of Topliss-reactive ketones (excluding diaryl/α,β-unsaturated/α-hetero) is 1. The minimum atomic E-state index is -0.907. The predicted molar refractivity (Wildman–Crippen MR) is 104 cm³/mol. The first-order valence-electron chi connectivity index (χ1n) is 10.1. The summed E-state index contributed by atoms with van der Waals surface area (Å²) in [6.45, 7) is 7.47. The van der Waals surface area contributed by atoms with Gasteiger partial charge in [-0.1, -0.05) is 6.07 Å². The van der Waals surface area contributed by atoms with Gasteiger partial charge < -0.3 is 14.2 Å². The Hall–Kier alpha value is -2.41. The average molecular weight is 401 g/mol. The molecule has 0 bridgehead atoms. The van der Waals surface area contributed by atoms with Crippen LogP contribution in [-0.2, 0) is 24.5 Å². The van der Waals surface area contributed by atoms with Crippen molar-refractivity contribution in [3.8, 4) is 11.5 Å². The van der Waals surface area contributed by atoms with Gasteiger partial charge in [0.1, 0.15) is 5.60 Å². The van der Waals surface area contributed by atoms with Crippen molar-refractivity contribution in [2.45, 2.75) is 70.1 Å². The number of fused-ring (bicyclic) bond motifs is 1. The Bertz CT molecular complexity index is 911. The number of carbonyl (C=O) groups is 3. The lowest BCUT2D eigenvalue weighted by molar-refractivity contribution is -0.206. The summed E-state index contributed by atoms with van der Waals surface area (Å²) < 4.78 is 17.8. The van der Waals surface area contributed by atoms with Crippen LogP contribution in [-0.4, -0.2) is 54.0 Å². The van der Waals surface area contributed by atoms with Crippen molar-refractivity contribution < 1.29 is 28.6 Å². The molecule has 2 fully saturated rings. The Kier molecular flexibility index (Phi) is 4.49. The first kappa shape index (κ1) is 19.9. The second-order valence-electron chi connectivity index (χ2n) is 8.50. The summed E-state index contributed by atoms with van der Waals surface area (Å²) >= 11 is 0. The zero-order valence-electron chi connectivity index (χ0n) is 17.5. The number of hydrogen-bond donors (Lipinski definition) is 0. The Morgan fingerprint density at radius 1 is 1.21 bits per heavy atom. The quantitative estimate of drug-likeness (QED) is 0.555. The van der Waals surface area contributed by atoms with Gasteiger partial charge in [-0.25, -0.2) is 0 Å². The zero-order valence-corrected chi connectivity index (χ0v) is 17.5. The highest BCUT2D eigenvalue weighted by molar-refractivity contribution is 5.90.